The molecule has 2 unspecified atom stereocenters. The largest absolute Gasteiger partial charge is 0.379 e. The highest BCUT2D eigenvalue weighted by Gasteiger charge is 2.29. The first-order valence-electron chi connectivity index (χ1n) is 8.32. The van der Waals surface area contributed by atoms with Crippen molar-refractivity contribution in [3.8, 4) is 0 Å². The molecule has 1 aromatic carbocycles. The molecule has 0 aromatic heterocycles. The van der Waals surface area contributed by atoms with Gasteiger partial charge in [0.15, 0.2) is 0 Å². The summed E-state index contributed by atoms with van der Waals surface area (Å²) < 4.78 is 19.0. The maximum absolute atomic E-state index is 13.6. The van der Waals surface area contributed by atoms with Crippen LogP contribution in [0.2, 0.25) is 0 Å². The molecule has 0 radical (unpaired) electrons. The first-order chi connectivity index (χ1) is 11.2. The van der Waals surface area contributed by atoms with Gasteiger partial charge in [-0.25, -0.2) is 4.39 Å². The van der Waals surface area contributed by atoms with E-state index in [1.54, 1.807) is 6.07 Å². The van der Waals surface area contributed by atoms with Gasteiger partial charge in [-0.05, 0) is 37.1 Å². The van der Waals surface area contributed by atoms with Gasteiger partial charge in [0.1, 0.15) is 11.9 Å². The fourth-order valence-electron chi connectivity index (χ4n) is 3.29. The number of benzene rings is 1. The molecule has 0 aliphatic carbocycles. The van der Waals surface area contributed by atoms with Crippen LogP contribution < -0.4 is 10.6 Å². The maximum atomic E-state index is 13.6. The number of ether oxygens (including phenoxy) is 1. The van der Waals surface area contributed by atoms with Crippen LogP contribution in [0.1, 0.15) is 24.4 Å². The Balaban J connectivity index is 1.71. The Morgan fingerprint density at radius 2 is 2.26 bits per heavy atom. The van der Waals surface area contributed by atoms with Gasteiger partial charge in [0.05, 0.1) is 13.2 Å². The lowest BCUT2D eigenvalue weighted by Gasteiger charge is -2.34. The Kier molecular flexibility index (Phi) is 5.59. The van der Waals surface area contributed by atoms with Gasteiger partial charge in [0.2, 0.25) is 5.91 Å². The number of morpholine rings is 1. The first kappa shape index (κ1) is 16.4. The summed E-state index contributed by atoms with van der Waals surface area (Å²) in [4.78, 5) is 14.8. The van der Waals surface area contributed by atoms with Gasteiger partial charge in [-0.2, -0.15) is 0 Å². The van der Waals surface area contributed by atoms with E-state index < -0.39 is 6.04 Å². The molecular formula is C17H24FN3O2. The average molecular weight is 321 g/mol. The monoisotopic (exact) mass is 321 g/mol. The molecule has 1 amide bonds. The second kappa shape index (κ2) is 7.86. The number of amides is 1. The minimum Gasteiger partial charge on any atom is -0.379 e. The third kappa shape index (κ3) is 4.28. The van der Waals surface area contributed by atoms with Crippen molar-refractivity contribution in [3.63, 3.8) is 0 Å². The van der Waals surface area contributed by atoms with Crippen molar-refractivity contribution in [1.82, 2.24) is 15.5 Å². The third-order valence-corrected chi connectivity index (χ3v) is 4.51. The highest BCUT2D eigenvalue weighted by molar-refractivity contribution is 5.83. The predicted molar refractivity (Wildman–Crippen MR) is 85.6 cm³/mol. The van der Waals surface area contributed by atoms with Crippen molar-refractivity contribution < 1.29 is 13.9 Å². The molecule has 2 fully saturated rings. The molecule has 0 spiro atoms. The van der Waals surface area contributed by atoms with E-state index in [2.05, 4.69) is 15.5 Å². The van der Waals surface area contributed by atoms with E-state index in [1.165, 1.54) is 12.1 Å². The molecule has 1 aromatic rings. The lowest BCUT2D eigenvalue weighted by atomic mass is 10.0. The summed E-state index contributed by atoms with van der Waals surface area (Å²) >= 11 is 0. The molecule has 126 valence electrons. The summed E-state index contributed by atoms with van der Waals surface area (Å²) in [6, 6.07) is 6.21. The summed E-state index contributed by atoms with van der Waals surface area (Å²) in [5.41, 5.74) is 0.698. The van der Waals surface area contributed by atoms with E-state index >= 15 is 0 Å². The van der Waals surface area contributed by atoms with E-state index in [-0.39, 0.29) is 11.7 Å². The third-order valence-electron chi connectivity index (χ3n) is 4.51. The standard InChI is InChI=1S/C17H24FN3O2/c18-14-4-1-3-13(11-14)16(21-7-9-23-10-8-21)17(22)20-12-15-5-2-6-19-15/h1,3-4,11,15-16,19H,2,5-10,12H2,(H,20,22). The van der Waals surface area contributed by atoms with Crippen LogP contribution in [-0.2, 0) is 9.53 Å². The van der Waals surface area contributed by atoms with Crippen molar-refractivity contribution in [2.75, 3.05) is 39.4 Å². The molecule has 2 atom stereocenters. The smallest absolute Gasteiger partial charge is 0.242 e. The van der Waals surface area contributed by atoms with E-state index in [9.17, 15) is 9.18 Å². The topological polar surface area (TPSA) is 53.6 Å². The molecule has 0 saturated carbocycles. The molecule has 2 N–H and O–H groups in total. The van der Waals surface area contributed by atoms with Crippen molar-refractivity contribution in [3.05, 3.63) is 35.6 Å². The molecule has 2 aliphatic heterocycles. The highest BCUT2D eigenvalue weighted by atomic mass is 19.1. The number of carbonyl (C=O) groups is 1. The van der Waals surface area contributed by atoms with Crippen LogP contribution >= 0.6 is 0 Å². The van der Waals surface area contributed by atoms with Crippen LogP contribution in [0.25, 0.3) is 0 Å². The predicted octanol–water partition coefficient (Wildman–Crippen LogP) is 1.07. The number of halogens is 1. The van der Waals surface area contributed by atoms with E-state index in [0.717, 1.165) is 19.4 Å². The molecule has 3 rings (SSSR count). The molecule has 5 nitrogen and oxygen atoms in total. The Bertz CT molecular complexity index is 528. The van der Waals surface area contributed by atoms with Gasteiger partial charge in [-0.1, -0.05) is 12.1 Å². The van der Waals surface area contributed by atoms with E-state index in [4.69, 9.17) is 4.74 Å². The fourth-order valence-corrected chi connectivity index (χ4v) is 3.29. The summed E-state index contributed by atoms with van der Waals surface area (Å²) in [7, 11) is 0. The first-order valence-corrected chi connectivity index (χ1v) is 8.32. The highest BCUT2D eigenvalue weighted by Crippen LogP contribution is 2.23. The summed E-state index contributed by atoms with van der Waals surface area (Å²) in [6.07, 6.45) is 2.24. The van der Waals surface area contributed by atoms with Crippen molar-refractivity contribution in [2.24, 2.45) is 0 Å². The van der Waals surface area contributed by atoms with Crippen LogP contribution in [-0.4, -0.2) is 56.2 Å². The van der Waals surface area contributed by atoms with Crippen LogP contribution in [0.5, 0.6) is 0 Å². The van der Waals surface area contributed by atoms with Gasteiger partial charge in [-0.15, -0.1) is 0 Å². The van der Waals surface area contributed by atoms with Gasteiger partial charge in [0, 0.05) is 25.7 Å². The second-order valence-corrected chi connectivity index (χ2v) is 6.14. The normalized spacial score (nSPS) is 23.6. The lowest BCUT2D eigenvalue weighted by Crippen LogP contribution is -2.47. The second-order valence-electron chi connectivity index (χ2n) is 6.14. The van der Waals surface area contributed by atoms with Crippen molar-refractivity contribution in [2.45, 2.75) is 24.9 Å². The molecule has 0 bridgehead atoms. The van der Waals surface area contributed by atoms with Crippen LogP contribution in [0.4, 0.5) is 4.39 Å². The minimum atomic E-state index is -0.462. The quantitative estimate of drug-likeness (QED) is 0.852. The number of carbonyl (C=O) groups excluding carboxylic acids is 1. The van der Waals surface area contributed by atoms with Gasteiger partial charge in [-0.3, -0.25) is 9.69 Å². The minimum absolute atomic E-state index is 0.0637. The van der Waals surface area contributed by atoms with Gasteiger partial charge >= 0.3 is 0 Å². The number of nitrogens with zero attached hydrogens (tertiary/aromatic N) is 1. The van der Waals surface area contributed by atoms with Crippen molar-refractivity contribution >= 4 is 5.91 Å². The van der Waals surface area contributed by atoms with Gasteiger partial charge in [0.25, 0.3) is 0 Å². The average Bonchev–Trinajstić information content (AvgIpc) is 3.08. The van der Waals surface area contributed by atoms with Crippen LogP contribution in [0.15, 0.2) is 24.3 Å². The van der Waals surface area contributed by atoms with Crippen LogP contribution in [0, 0.1) is 5.82 Å². The maximum Gasteiger partial charge on any atom is 0.242 e. The number of nitrogens with one attached hydrogen (secondary N) is 2. The Hall–Kier alpha value is -1.50. The fraction of sp³-hybridized carbons (Fsp3) is 0.588. The Morgan fingerprint density at radius 3 is 2.96 bits per heavy atom. The molecule has 2 aliphatic rings. The zero-order chi connectivity index (χ0) is 16.1. The molecule has 6 heteroatoms. The number of rotatable bonds is 5. The molecule has 2 saturated heterocycles. The Labute approximate surface area is 136 Å². The van der Waals surface area contributed by atoms with Crippen molar-refractivity contribution in [1.29, 1.82) is 0 Å². The number of hydrogen-bond acceptors (Lipinski definition) is 4. The van der Waals surface area contributed by atoms with Gasteiger partial charge < -0.3 is 15.4 Å². The zero-order valence-corrected chi connectivity index (χ0v) is 13.3. The zero-order valence-electron chi connectivity index (χ0n) is 13.3. The van der Waals surface area contributed by atoms with E-state index in [0.29, 0.717) is 44.5 Å². The summed E-state index contributed by atoms with van der Waals surface area (Å²) in [5, 5.41) is 6.40. The summed E-state index contributed by atoms with van der Waals surface area (Å²) in [6.45, 7) is 4.19. The SMILES string of the molecule is O=C(NCC1CCCN1)C(c1cccc(F)c1)N1CCOCC1. The lowest BCUT2D eigenvalue weighted by molar-refractivity contribution is -0.128. The van der Waals surface area contributed by atoms with Crippen LogP contribution in [0.3, 0.4) is 0 Å². The Morgan fingerprint density at radius 1 is 1.43 bits per heavy atom. The summed E-state index contributed by atoms with van der Waals surface area (Å²) in [5.74, 6) is -0.378. The number of hydrogen-bond donors (Lipinski definition) is 2. The molecular weight excluding hydrogens is 297 g/mol. The molecule has 2 heterocycles. The molecule has 23 heavy (non-hydrogen) atoms. The van der Waals surface area contributed by atoms with E-state index in [1.807, 2.05) is 6.07 Å².